The van der Waals surface area contributed by atoms with Crippen LogP contribution in [-0.2, 0) is 0 Å². The van der Waals surface area contributed by atoms with Crippen molar-refractivity contribution in [2.75, 3.05) is 6.54 Å². The molecule has 44 valence electrons. The van der Waals surface area contributed by atoms with Crippen LogP contribution in [0.3, 0.4) is 0 Å². The highest BCUT2D eigenvalue weighted by Crippen LogP contribution is 1.96. The van der Waals surface area contributed by atoms with E-state index in [0.717, 1.165) is 0 Å². The Bertz CT molecular complexity index is 134. The van der Waals surface area contributed by atoms with Crippen LogP contribution in [0.2, 0.25) is 0 Å². The molecular formula is C4H5ClN2O. The van der Waals surface area contributed by atoms with Crippen LogP contribution in [0.15, 0.2) is 12.3 Å². The third-order valence-electron chi connectivity index (χ3n) is 0.823. The maximum absolute atomic E-state index is 10.2. The summed E-state index contributed by atoms with van der Waals surface area (Å²) in [5, 5.41) is 0.723. The van der Waals surface area contributed by atoms with E-state index in [0.29, 0.717) is 6.54 Å². The molecule has 0 unspecified atom stereocenters. The van der Waals surface area contributed by atoms with Crippen LogP contribution in [0.5, 0.6) is 0 Å². The number of hydrazine groups is 1. The molecule has 0 atom stereocenters. The zero-order chi connectivity index (χ0) is 5.98. The van der Waals surface area contributed by atoms with Crippen LogP contribution in [0.4, 0.5) is 4.79 Å². The molecule has 1 aliphatic rings. The Morgan fingerprint density at radius 3 is 2.88 bits per heavy atom. The predicted molar refractivity (Wildman–Crippen MR) is 30.2 cm³/mol. The van der Waals surface area contributed by atoms with E-state index in [4.69, 9.17) is 11.6 Å². The number of nitrogens with one attached hydrogen (secondary N) is 1. The van der Waals surface area contributed by atoms with Gasteiger partial charge in [-0.15, -0.1) is 0 Å². The van der Waals surface area contributed by atoms with Crippen molar-refractivity contribution in [3.8, 4) is 0 Å². The maximum atomic E-state index is 10.2. The number of nitrogens with zero attached hydrogens (tertiary/aromatic N) is 1. The van der Waals surface area contributed by atoms with Crippen molar-refractivity contribution in [2.24, 2.45) is 0 Å². The average Bonchev–Trinajstić information content (AvgIpc) is 2.12. The lowest BCUT2D eigenvalue weighted by atomic mass is 10.7. The molecule has 0 saturated carbocycles. The smallest absolute Gasteiger partial charge is 0.254 e. The van der Waals surface area contributed by atoms with Crippen LogP contribution in [0.1, 0.15) is 0 Å². The van der Waals surface area contributed by atoms with E-state index in [9.17, 15) is 4.79 Å². The number of hydrogen-bond acceptors (Lipinski definition) is 2. The van der Waals surface area contributed by atoms with Crippen molar-refractivity contribution < 1.29 is 4.79 Å². The van der Waals surface area contributed by atoms with Crippen LogP contribution in [0.25, 0.3) is 0 Å². The number of hydrogen-bond donors (Lipinski definition) is 1. The van der Waals surface area contributed by atoms with Gasteiger partial charge in [0.1, 0.15) is 0 Å². The van der Waals surface area contributed by atoms with Crippen LogP contribution in [0, 0.1) is 0 Å². The Kier molecular flexibility index (Phi) is 1.50. The Labute approximate surface area is 51.9 Å². The molecule has 1 N–H and O–H groups in total. The minimum absolute atomic E-state index is 0.501. The fourth-order valence-electron chi connectivity index (χ4n) is 0.483. The Hall–Kier alpha value is -0.540. The quantitative estimate of drug-likeness (QED) is 0.388. The molecule has 0 radical (unpaired) electrons. The van der Waals surface area contributed by atoms with Crippen molar-refractivity contribution in [1.29, 1.82) is 0 Å². The van der Waals surface area contributed by atoms with E-state index in [2.05, 4.69) is 5.43 Å². The molecule has 4 heteroatoms. The predicted octanol–water partition coefficient (Wildman–Crippen LogP) is 0.679. The molecule has 3 nitrogen and oxygen atoms in total. The lowest BCUT2D eigenvalue weighted by Gasteiger charge is -2.06. The normalized spacial score (nSPS) is 17.4. The Morgan fingerprint density at radius 1 is 1.88 bits per heavy atom. The van der Waals surface area contributed by atoms with Gasteiger partial charge in [0.25, 0.3) is 0 Å². The summed E-state index contributed by atoms with van der Waals surface area (Å²) in [6.45, 7) is 0.679. The molecule has 0 fully saturated rings. The standard InChI is InChI=1S/C4H5ClN2O/c5-4(8)7-3-1-2-6-7/h1,3,6H,2H2. The van der Waals surface area contributed by atoms with Crippen LogP contribution in [-0.4, -0.2) is 16.9 Å². The molecule has 1 rings (SSSR count). The first kappa shape index (κ1) is 5.59. The Morgan fingerprint density at radius 2 is 2.62 bits per heavy atom. The maximum Gasteiger partial charge on any atom is 0.334 e. The van der Waals surface area contributed by atoms with Gasteiger partial charge < -0.3 is 0 Å². The van der Waals surface area contributed by atoms with Crippen LogP contribution < -0.4 is 5.43 Å². The SMILES string of the molecule is O=C(Cl)N1C=CCN1. The van der Waals surface area contributed by atoms with Gasteiger partial charge in [-0.05, 0) is 11.6 Å². The van der Waals surface area contributed by atoms with E-state index in [-0.39, 0.29) is 0 Å². The number of rotatable bonds is 0. The summed E-state index contributed by atoms with van der Waals surface area (Å²) in [5.74, 6) is 0. The van der Waals surface area contributed by atoms with E-state index in [1.807, 2.05) is 0 Å². The highest BCUT2D eigenvalue weighted by molar-refractivity contribution is 6.62. The Balaban J connectivity index is 2.48. The molecule has 0 aliphatic carbocycles. The molecule has 0 saturated heterocycles. The number of carbonyl (C=O) groups excluding carboxylic acids is 1. The molecular weight excluding hydrogens is 128 g/mol. The van der Waals surface area contributed by atoms with E-state index in [1.165, 1.54) is 5.01 Å². The summed E-state index contributed by atoms with van der Waals surface area (Å²) >= 11 is 5.06. The topological polar surface area (TPSA) is 32.3 Å². The first-order valence-electron chi connectivity index (χ1n) is 2.19. The molecule has 0 spiro atoms. The molecule has 0 aromatic carbocycles. The van der Waals surface area contributed by atoms with Gasteiger partial charge >= 0.3 is 5.37 Å². The van der Waals surface area contributed by atoms with Gasteiger partial charge in [-0.25, -0.2) is 10.4 Å². The fraction of sp³-hybridized carbons (Fsp3) is 0.250. The summed E-state index contributed by atoms with van der Waals surface area (Å²) < 4.78 is 0. The summed E-state index contributed by atoms with van der Waals surface area (Å²) in [5.41, 5.74) is 2.70. The number of amides is 1. The van der Waals surface area contributed by atoms with Gasteiger partial charge in [-0.1, -0.05) is 6.08 Å². The van der Waals surface area contributed by atoms with Gasteiger partial charge in [-0.2, -0.15) is 0 Å². The van der Waals surface area contributed by atoms with Gasteiger partial charge in [0.15, 0.2) is 0 Å². The lowest BCUT2D eigenvalue weighted by Crippen LogP contribution is -2.30. The second-order valence-corrected chi connectivity index (χ2v) is 1.69. The average molecular weight is 133 g/mol. The van der Waals surface area contributed by atoms with Crippen molar-refractivity contribution in [3.05, 3.63) is 12.3 Å². The monoisotopic (exact) mass is 132 g/mol. The molecule has 0 bridgehead atoms. The van der Waals surface area contributed by atoms with Crippen LogP contribution >= 0.6 is 11.6 Å². The molecule has 0 aromatic rings. The van der Waals surface area contributed by atoms with Crippen molar-refractivity contribution in [3.63, 3.8) is 0 Å². The summed E-state index contributed by atoms with van der Waals surface area (Å²) in [4.78, 5) is 10.2. The van der Waals surface area contributed by atoms with Crippen molar-refractivity contribution >= 4 is 17.0 Å². The molecule has 1 aliphatic heterocycles. The number of carbonyl (C=O) groups is 1. The minimum atomic E-state index is -0.501. The highest BCUT2D eigenvalue weighted by Gasteiger charge is 2.07. The first-order chi connectivity index (χ1) is 3.80. The third kappa shape index (κ3) is 0.993. The second-order valence-electron chi connectivity index (χ2n) is 1.37. The highest BCUT2D eigenvalue weighted by atomic mass is 35.5. The second kappa shape index (κ2) is 2.15. The van der Waals surface area contributed by atoms with Crippen molar-refractivity contribution in [1.82, 2.24) is 10.4 Å². The van der Waals surface area contributed by atoms with Gasteiger partial charge in [0, 0.05) is 12.7 Å². The minimum Gasteiger partial charge on any atom is -0.254 e. The largest absolute Gasteiger partial charge is 0.334 e. The molecule has 1 amide bonds. The van der Waals surface area contributed by atoms with E-state index in [1.54, 1.807) is 12.3 Å². The fourth-order valence-corrected chi connectivity index (χ4v) is 0.599. The van der Waals surface area contributed by atoms with Gasteiger partial charge in [0.05, 0.1) is 0 Å². The van der Waals surface area contributed by atoms with Crippen molar-refractivity contribution in [2.45, 2.75) is 0 Å². The molecule has 1 heterocycles. The first-order valence-corrected chi connectivity index (χ1v) is 2.57. The summed E-state index contributed by atoms with van der Waals surface area (Å²) in [7, 11) is 0. The zero-order valence-electron chi connectivity index (χ0n) is 4.10. The molecule has 8 heavy (non-hydrogen) atoms. The summed E-state index contributed by atoms with van der Waals surface area (Å²) in [6.07, 6.45) is 3.40. The van der Waals surface area contributed by atoms with Gasteiger partial charge in [0.2, 0.25) is 0 Å². The van der Waals surface area contributed by atoms with Gasteiger partial charge in [-0.3, -0.25) is 4.79 Å². The number of halogens is 1. The summed E-state index contributed by atoms with van der Waals surface area (Å²) in [6, 6.07) is 0. The lowest BCUT2D eigenvalue weighted by molar-refractivity contribution is 0.228. The van der Waals surface area contributed by atoms with E-state index < -0.39 is 5.37 Å². The van der Waals surface area contributed by atoms with E-state index >= 15 is 0 Å². The third-order valence-corrected chi connectivity index (χ3v) is 1.01. The zero-order valence-corrected chi connectivity index (χ0v) is 4.85. The molecule has 0 aromatic heterocycles.